The minimum atomic E-state index is -0.243. The quantitative estimate of drug-likeness (QED) is 0.319. The molecule has 1 aromatic heterocycles. The predicted molar refractivity (Wildman–Crippen MR) is 129 cm³/mol. The second-order valence-electron chi connectivity index (χ2n) is 10.9. The molecule has 0 spiro atoms. The molecule has 2 saturated heterocycles. The summed E-state index contributed by atoms with van der Waals surface area (Å²) in [4.78, 5) is 20.9. The van der Waals surface area contributed by atoms with Crippen LogP contribution in [0.3, 0.4) is 0 Å². The van der Waals surface area contributed by atoms with E-state index in [1.165, 1.54) is 57.8 Å². The van der Waals surface area contributed by atoms with E-state index in [-0.39, 0.29) is 23.1 Å². The van der Waals surface area contributed by atoms with Gasteiger partial charge in [-0.3, -0.25) is 9.69 Å². The highest BCUT2D eigenvalue weighted by Gasteiger charge is 2.45. The Kier molecular flexibility index (Phi) is 5.40. The molecule has 4 bridgehead atoms. The van der Waals surface area contributed by atoms with Crippen molar-refractivity contribution in [2.75, 3.05) is 0 Å². The minimum Gasteiger partial charge on any atom is -0.409 e. The topological polar surface area (TPSA) is 96.7 Å². The highest BCUT2D eigenvalue weighted by Crippen LogP contribution is 2.47. The maximum absolute atomic E-state index is 13.5. The van der Waals surface area contributed by atoms with Crippen molar-refractivity contribution in [3.05, 3.63) is 40.3 Å². The van der Waals surface area contributed by atoms with Gasteiger partial charge in [-0.2, -0.15) is 0 Å². The van der Waals surface area contributed by atoms with Crippen molar-refractivity contribution in [3.63, 3.8) is 0 Å². The molecule has 6 atom stereocenters. The fourth-order valence-corrected chi connectivity index (χ4v) is 7.87. The fourth-order valence-electron chi connectivity index (χ4n) is 7.87. The molecule has 0 radical (unpaired) electrons. The summed E-state index contributed by atoms with van der Waals surface area (Å²) in [5, 5.41) is 12.3. The number of oxime groups is 1. The molecule has 7 heteroatoms. The Morgan fingerprint density at radius 3 is 2.27 bits per heavy atom. The lowest BCUT2D eigenvalue weighted by atomic mass is 9.68. The molecule has 3 unspecified atom stereocenters. The lowest BCUT2D eigenvalue weighted by Gasteiger charge is -2.55. The number of nitrogens with zero attached hydrogens (tertiary/aromatic N) is 4. The molecule has 1 aromatic carbocycles. The molecule has 7 nitrogen and oxygen atoms in total. The van der Waals surface area contributed by atoms with Gasteiger partial charge in [0.2, 0.25) is 0 Å². The SMILES string of the molecule is N/C(=N\O)c1nc2ccccc2n(C2CC3CCC[C@@H](C2)N3C2C[C@H]3CCC[C@@H](C2)C3)c1=O. The van der Waals surface area contributed by atoms with E-state index in [4.69, 9.17) is 5.73 Å². The maximum atomic E-state index is 13.5. The Bertz CT molecular complexity index is 1100. The lowest BCUT2D eigenvalue weighted by molar-refractivity contribution is -0.0485. The van der Waals surface area contributed by atoms with Gasteiger partial charge in [0.1, 0.15) is 0 Å². The molecule has 4 aliphatic rings. The first kappa shape index (κ1) is 21.1. The van der Waals surface area contributed by atoms with Gasteiger partial charge >= 0.3 is 0 Å². The average molecular weight is 450 g/mol. The molecule has 2 aliphatic heterocycles. The first-order valence-electron chi connectivity index (χ1n) is 12.9. The van der Waals surface area contributed by atoms with E-state index in [0.717, 1.165) is 36.2 Å². The zero-order chi connectivity index (χ0) is 22.5. The maximum Gasteiger partial charge on any atom is 0.281 e. The van der Waals surface area contributed by atoms with Crippen LogP contribution in [0.1, 0.15) is 82.4 Å². The van der Waals surface area contributed by atoms with Crippen molar-refractivity contribution in [1.29, 1.82) is 0 Å². The van der Waals surface area contributed by atoms with Crippen molar-refractivity contribution < 1.29 is 5.21 Å². The first-order valence-corrected chi connectivity index (χ1v) is 12.9. The summed E-state index contributed by atoms with van der Waals surface area (Å²) in [5.41, 5.74) is 7.22. The van der Waals surface area contributed by atoms with Crippen molar-refractivity contribution in [2.45, 2.75) is 94.8 Å². The van der Waals surface area contributed by atoms with Gasteiger partial charge in [-0.05, 0) is 68.9 Å². The van der Waals surface area contributed by atoms with Gasteiger partial charge < -0.3 is 15.5 Å². The minimum absolute atomic E-state index is 0.0453. The van der Waals surface area contributed by atoms with E-state index >= 15 is 0 Å². The summed E-state index contributed by atoms with van der Waals surface area (Å²) in [7, 11) is 0. The third kappa shape index (κ3) is 3.65. The highest BCUT2D eigenvalue weighted by atomic mass is 16.4. The van der Waals surface area contributed by atoms with E-state index in [0.29, 0.717) is 17.6 Å². The Morgan fingerprint density at radius 1 is 0.909 bits per heavy atom. The normalized spacial score (nSPS) is 35.0. The summed E-state index contributed by atoms with van der Waals surface area (Å²) in [6, 6.07) is 9.67. The van der Waals surface area contributed by atoms with Crippen molar-refractivity contribution >= 4 is 16.9 Å². The second-order valence-corrected chi connectivity index (χ2v) is 10.9. The first-order chi connectivity index (χ1) is 16.1. The summed E-state index contributed by atoms with van der Waals surface area (Å²) in [5.74, 6) is 1.64. The molecule has 4 fully saturated rings. The summed E-state index contributed by atoms with van der Waals surface area (Å²) in [6.45, 7) is 0. The van der Waals surface area contributed by atoms with Crippen molar-refractivity contribution in [1.82, 2.24) is 14.5 Å². The molecular weight excluding hydrogens is 414 g/mol. The Morgan fingerprint density at radius 2 is 1.58 bits per heavy atom. The van der Waals surface area contributed by atoms with E-state index in [2.05, 4.69) is 15.0 Å². The van der Waals surface area contributed by atoms with Crippen LogP contribution in [0.5, 0.6) is 0 Å². The van der Waals surface area contributed by atoms with Crippen LogP contribution in [0.15, 0.2) is 34.2 Å². The summed E-state index contributed by atoms with van der Waals surface area (Å²) >= 11 is 0. The second kappa shape index (κ2) is 8.42. The van der Waals surface area contributed by atoms with E-state index in [9.17, 15) is 10.0 Å². The molecular formula is C26H35N5O2. The van der Waals surface area contributed by atoms with Crippen molar-refractivity contribution in [3.8, 4) is 0 Å². The zero-order valence-electron chi connectivity index (χ0n) is 19.3. The Hall–Kier alpha value is -2.41. The molecule has 6 rings (SSSR count). The van der Waals surface area contributed by atoms with Crippen LogP contribution in [0.2, 0.25) is 0 Å². The van der Waals surface area contributed by atoms with Gasteiger partial charge in [0.25, 0.3) is 5.56 Å². The van der Waals surface area contributed by atoms with Gasteiger partial charge in [-0.25, -0.2) is 4.98 Å². The van der Waals surface area contributed by atoms with Crippen LogP contribution >= 0.6 is 0 Å². The molecule has 0 amide bonds. The monoisotopic (exact) mass is 449 g/mol. The summed E-state index contributed by atoms with van der Waals surface area (Å²) in [6.07, 6.45) is 14.2. The van der Waals surface area contributed by atoms with E-state index < -0.39 is 0 Å². The largest absolute Gasteiger partial charge is 0.409 e. The smallest absolute Gasteiger partial charge is 0.281 e. The molecule has 176 valence electrons. The fraction of sp³-hybridized carbons (Fsp3) is 0.654. The van der Waals surface area contributed by atoms with Crippen molar-refractivity contribution in [2.24, 2.45) is 22.7 Å². The molecule has 2 aliphatic carbocycles. The average Bonchev–Trinajstić information content (AvgIpc) is 2.82. The van der Waals surface area contributed by atoms with Crippen LogP contribution < -0.4 is 11.3 Å². The molecule has 2 aromatic rings. The number of amidine groups is 1. The number of hydrogen-bond donors (Lipinski definition) is 2. The van der Waals surface area contributed by atoms with E-state index in [1.807, 2.05) is 28.8 Å². The number of hydrogen-bond acceptors (Lipinski definition) is 5. The number of nitrogens with two attached hydrogens (primary N) is 1. The Labute approximate surface area is 194 Å². The molecule has 2 saturated carbocycles. The number of aromatic nitrogens is 2. The molecule has 3 N–H and O–H groups in total. The van der Waals surface area contributed by atoms with Gasteiger partial charge in [-0.1, -0.05) is 43.0 Å². The third-order valence-electron chi connectivity index (χ3n) is 9.04. The van der Waals surface area contributed by atoms with Crippen LogP contribution in [0.25, 0.3) is 11.0 Å². The molecule has 3 heterocycles. The number of para-hydroxylation sites is 2. The van der Waals surface area contributed by atoms with E-state index in [1.54, 1.807) is 0 Å². The van der Waals surface area contributed by atoms with Crippen LogP contribution in [0.4, 0.5) is 0 Å². The standard InChI is InChI=1S/C26H35N5O2/c27-25(29-33)24-26(32)31(23-10-2-1-9-22(23)28-24)21-14-18-7-4-8-19(15-21)30(18)20-12-16-5-3-6-17(11-16)13-20/h1-2,9-10,16-21,33H,3-8,11-15H2,(H2,27,29)/t16-,17+,18-,19?,20?,21?/m0/s1. The van der Waals surface area contributed by atoms with Crippen LogP contribution in [0, 0.1) is 11.8 Å². The highest BCUT2D eigenvalue weighted by molar-refractivity contribution is 5.96. The zero-order valence-corrected chi connectivity index (χ0v) is 19.3. The number of fused-ring (bicyclic) bond motifs is 5. The third-order valence-corrected chi connectivity index (χ3v) is 9.04. The van der Waals surface area contributed by atoms with Crippen LogP contribution in [-0.4, -0.2) is 43.6 Å². The molecule has 33 heavy (non-hydrogen) atoms. The van der Waals surface area contributed by atoms with Crippen LogP contribution in [-0.2, 0) is 0 Å². The Balaban J connectivity index is 1.35. The lowest BCUT2D eigenvalue weighted by Crippen LogP contribution is -2.58. The predicted octanol–water partition coefficient (Wildman–Crippen LogP) is 4.02. The number of benzene rings is 1. The summed E-state index contributed by atoms with van der Waals surface area (Å²) < 4.78 is 1.91. The number of piperidine rings is 2. The van der Waals surface area contributed by atoms with Gasteiger partial charge in [0.15, 0.2) is 11.5 Å². The number of rotatable bonds is 3. The van der Waals surface area contributed by atoms with Gasteiger partial charge in [0, 0.05) is 24.2 Å². The van der Waals surface area contributed by atoms with Gasteiger partial charge in [0.05, 0.1) is 11.0 Å². The van der Waals surface area contributed by atoms with Gasteiger partial charge in [-0.15, -0.1) is 0 Å².